The Morgan fingerprint density at radius 3 is 1.59 bits per heavy atom. The first-order valence-corrected chi connectivity index (χ1v) is 9.73. The highest BCUT2D eigenvalue weighted by molar-refractivity contribution is 5.88. The smallest absolute Gasteiger partial charge is 0.138 e. The van der Waals surface area contributed by atoms with Crippen LogP contribution in [0.2, 0.25) is 0 Å². The van der Waals surface area contributed by atoms with E-state index in [-0.39, 0.29) is 0 Å². The third-order valence-electron chi connectivity index (χ3n) is 5.02. The van der Waals surface area contributed by atoms with Crippen LogP contribution in [0.15, 0.2) is 54.6 Å². The van der Waals surface area contributed by atoms with Gasteiger partial charge in [-0.15, -0.1) is 0 Å². The topological polar surface area (TPSA) is 36.9 Å². The number of aryl methyl sites for hydroxylation is 1. The lowest BCUT2D eigenvalue weighted by Gasteiger charge is -2.21. The summed E-state index contributed by atoms with van der Waals surface area (Å²) in [5.41, 5.74) is 5.23. The summed E-state index contributed by atoms with van der Waals surface area (Å²) < 4.78 is 22.4. The first-order chi connectivity index (χ1) is 14.2. The van der Waals surface area contributed by atoms with Crippen molar-refractivity contribution in [2.75, 3.05) is 28.4 Å². The molecule has 0 atom stereocenters. The lowest BCUT2D eigenvalue weighted by atomic mass is 9.91. The molecule has 0 aliphatic rings. The summed E-state index contributed by atoms with van der Waals surface area (Å²) in [5.74, 6) is 3.28. The van der Waals surface area contributed by atoms with Crippen LogP contribution in [0, 0.1) is 0 Å². The minimum absolute atomic E-state index is 0.789. The van der Waals surface area contributed by atoms with E-state index in [0.717, 1.165) is 63.7 Å². The summed E-state index contributed by atoms with van der Waals surface area (Å²) in [6.45, 7) is 2.17. The van der Waals surface area contributed by atoms with E-state index in [4.69, 9.17) is 18.9 Å². The lowest BCUT2D eigenvalue weighted by Crippen LogP contribution is -2.01. The molecular weight excluding hydrogens is 364 g/mol. The van der Waals surface area contributed by atoms with E-state index < -0.39 is 0 Å². The van der Waals surface area contributed by atoms with Crippen LogP contribution in [0.4, 0.5) is 0 Å². The van der Waals surface area contributed by atoms with Gasteiger partial charge in [0.1, 0.15) is 23.0 Å². The Morgan fingerprint density at radius 2 is 1.14 bits per heavy atom. The average Bonchev–Trinajstić information content (AvgIpc) is 2.78. The molecule has 3 aromatic carbocycles. The molecule has 0 amide bonds. The molecule has 0 aliphatic heterocycles. The monoisotopic (exact) mass is 392 g/mol. The van der Waals surface area contributed by atoms with Gasteiger partial charge in [0.15, 0.2) is 0 Å². The first-order valence-electron chi connectivity index (χ1n) is 9.73. The average molecular weight is 392 g/mol. The molecule has 3 rings (SSSR count). The highest BCUT2D eigenvalue weighted by atomic mass is 16.5. The number of hydrogen-bond acceptors (Lipinski definition) is 4. The summed E-state index contributed by atoms with van der Waals surface area (Å²) >= 11 is 0. The third kappa shape index (κ3) is 4.16. The maximum atomic E-state index is 5.93. The normalized spacial score (nSPS) is 10.5. The van der Waals surface area contributed by atoms with Crippen LogP contribution in [0.25, 0.3) is 22.3 Å². The molecule has 152 valence electrons. The second-order valence-electron chi connectivity index (χ2n) is 6.73. The maximum Gasteiger partial charge on any atom is 0.138 e. The second kappa shape index (κ2) is 9.37. The maximum absolute atomic E-state index is 5.93. The van der Waals surface area contributed by atoms with Gasteiger partial charge in [-0.3, -0.25) is 0 Å². The number of hydrogen-bond donors (Lipinski definition) is 0. The summed E-state index contributed by atoms with van der Waals surface area (Å²) in [6, 6.07) is 18.2. The molecule has 0 aliphatic carbocycles. The minimum Gasteiger partial charge on any atom is -0.497 e. The molecule has 0 aromatic heterocycles. The predicted octanol–water partition coefficient (Wildman–Crippen LogP) is 6.01. The summed E-state index contributed by atoms with van der Waals surface area (Å²) in [4.78, 5) is 0. The molecule has 3 aromatic rings. The van der Waals surface area contributed by atoms with Crippen LogP contribution in [0.1, 0.15) is 18.9 Å². The van der Waals surface area contributed by atoms with Gasteiger partial charge in [-0.25, -0.2) is 0 Å². The van der Waals surface area contributed by atoms with E-state index >= 15 is 0 Å². The number of rotatable bonds is 8. The van der Waals surface area contributed by atoms with Gasteiger partial charge in [-0.1, -0.05) is 37.6 Å². The summed E-state index contributed by atoms with van der Waals surface area (Å²) in [7, 11) is 6.76. The Hall–Kier alpha value is -3.14. The number of ether oxygens (including phenoxy) is 4. The molecule has 0 spiro atoms. The molecule has 0 saturated heterocycles. The van der Waals surface area contributed by atoms with Crippen LogP contribution in [-0.4, -0.2) is 28.4 Å². The van der Waals surface area contributed by atoms with E-state index in [1.165, 1.54) is 0 Å². The molecule has 0 heterocycles. The van der Waals surface area contributed by atoms with Crippen LogP contribution < -0.4 is 18.9 Å². The van der Waals surface area contributed by atoms with Crippen molar-refractivity contribution in [3.8, 4) is 45.3 Å². The van der Waals surface area contributed by atoms with Crippen molar-refractivity contribution >= 4 is 0 Å². The minimum atomic E-state index is 0.789. The molecule has 0 fully saturated rings. The van der Waals surface area contributed by atoms with Gasteiger partial charge < -0.3 is 18.9 Å². The number of benzene rings is 3. The zero-order chi connectivity index (χ0) is 20.8. The zero-order valence-electron chi connectivity index (χ0n) is 17.7. The van der Waals surface area contributed by atoms with Gasteiger partial charge in [-0.05, 0) is 53.4 Å². The van der Waals surface area contributed by atoms with E-state index in [0.29, 0.717) is 0 Å². The Morgan fingerprint density at radius 1 is 0.621 bits per heavy atom. The SMILES string of the molecule is CCCc1cc(-c2ccc(OC)cc2)c(OC)c(-c2ccc(OC)cc2)c1OC. The molecular formula is C25H28O4. The van der Waals surface area contributed by atoms with Gasteiger partial charge in [0.05, 0.1) is 34.0 Å². The quantitative estimate of drug-likeness (QED) is 0.471. The van der Waals surface area contributed by atoms with Crippen molar-refractivity contribution in [3.63, 3.8) is 0 Å². The molecule has 0 N–H and O–H groups in total. The van der Waals surface area contributed by atoms with Crippen LogP contribution in [0.3, 0.4) is 0 Å². The molecule has 0 unspecified atom stereocenters. The predicted molar refractivity (Wildman–Crippen MR) is 118 cm³/mol. The van der Waals surface area contributed by atoms with E-state index in [2.05, 4.69) is 25.1 Å². The summed E-state index contributed by atoms with van der Waals surface area (Å²) in [5, 5.41) is 0. The molecule has 29 heavy (non-hydrogen) atoms. The van der Waals surface area contributed by atoms with Crippen molar-refractivity contribution in [1.82, 2.24) is 0 Å². The van der Waals surface area contributed by atoms with Crippen molar-refractivity contribution in [3.05, 3.63) is 60.2 Å². The highest BCUT2D eigenvalue weighted by Crippen LogP contribution is 2.47. The molecule has 4 nitrogen and oxygen atoms in total. The summed E-state index contributed by atoms with van der Waals surface area (Å²) in [6.07, 6.45) is 1.94. The van der Waals surface area contributed by atoms with Crippen LogP contribution >= 0.6 is 0 Å². The fourth-order valence-electron chi connectivity index (χ4n) is 3.61. The molecule has 0 bridgehead atoms. The standard InChI is InChI=1S/C25H28O4/c1-6-7-19-16-22(17-8-12-20(26-2)13-9-17)25(29-5)23(24(19)28-4)18-10-14-21(27-3)15-11-18/h8-16H,6-7H2,1-5H3. The number of methoxy groups -OCH3 is 4. The Balaban J connectivity index is 2.28. The van der Waals surface area contributed by atoms with Crippen LogP contribution in [0.5, 0.6) is 23.0 Å². The van der Waals surface area contributed by atoms with Gasteiger partial charge in [0.2, 0.25) is 0 Å². The van der Waals surface area contributed by atoms with Crippen molar-refractivity contribution in [2.45, 2.75) is 19.8 Å². The van der Waals surface area contributed by atoms with E-state index in [1.807, 2.05) is 36.4 Å². The molecule has 0 saturated carbocycles. The van der Waals surface area contributed by atoms with Gasteiger partial charge in [-0.2, -0.15) is 0 Å². The fourth-order valence-corrected chi connectivity index (χ4v) is 3.61. The lowest BCUT2D eigenvalue weighted by molar-refractivity contribution is 0.394. The molecule has 0 radical (unpaired) electrons. The second-order valence-corrected chi connectivity index (χ2v) is 6.73. The third-order valence-corrected chi connectivity index (χ3v) is 5.02. The van der Waals surface area contributed by atoms with Gasteiger partial charge in [0, 0.05) is 5.56 Å². The highest BCUT2D eigenvalue weighted by Gasteiger charge is 2.22. The van der Waals surface area contributed by atoms with E-state index in [9.17, 15) is 0 Å². The fraction of sp³-hybridized carbons (Fsp3) is 0.280. The van der Waals surface area contributed by atoms with Crippen LogP contribution in [-0.2, 0) is 6.42 Å². The Labute approximate surface area is 173 Å². The Bertz CT molecular complexity index is 944. The first kappa shape index (κ1) is 20.6. The zero-order valence-corrected chi connectivity index (χ0v) is 17.7. The van der Waals surface area contributed by atoms with E-state index in [1.54, 1.807) is 28.4 Å². The van der Waals surface area contributed by atoms with Crippen molar-refractivity contribution in [2.24, 2.45) is 0 Å². The Kier molecular flexibility index (Phi) is 6.65. The van der Waals surface area contributed by atoms with Crippen molar-refractivity contribution < 1.29 is 18.9 Å². The van der Waals surface area contributed by atoms with Crippen molar-refractivity contribution in [1.29, 1.82) is 0 Å². The molecule has 4 heteroatoms. The largest absolute Gasteiger partial charge is 0.497 e. The van der Waals surface area contributed by atoms with Gasteiger partial charge in [0.25, 0.3) is 0 Å². The van der Waals surface area contributed by atoms with Gasteiger partial charge >= 0.3 is 0 Å².